The van der Waals surface area contributed by atoms with Gasteiger partial charge >= 0.3 is 0 Å². The SMILES string of the molecule is COc1ccc(C(=O)NC(CO)C(=O)c2ccc(OC)c(Br)n2)cc1OC. The van der Waals surface area contributed by atoms with Gasteiger partial charge in [-0.05, 0) is 46.3 Å². The second-order valence-electron chi connectivity index (χ2n) is 5.33. The topological polar surface area (TPSA) is 107 Å². The molecular formula is C18H19BrN2O6. The Kier molecular flexibility index (Phi) is 7.14. The average Bonchev–Trinajstić information content (AvgIpc) is 2.70. The number of halogens is 1. The van der Waals surface area contributed by atoms with Crippen molar-refractivity contribution >= 4 is 27.6 Å². The van der Waals surface area contributed by atoms with Crippen molar-refractivity contribution in [1.82, 2.24) is 10.3 Å². The molecule has 1 aromatic carbocycles. The van der Waals surface area contributed by atoms with Crippen molar-refractivity contribution < 1.29 is 28.9 Å². The minimum absolute atomic E-state index is 0.0781. The molecule has 2 rings (SSSR count). The normalized spacial score (nSPS) is 11.4. The Morgan fingerprint density at radius 3 is 2.26 bits per heavy atom. The Morgan fingerprint density at radius 1 is 1.07 bits per heavy atom. The first-order valence-corrected chi connectivity index (χ1v) is 8.63. The van der Waals surface area contributed by atoms with Crippen LogP contribution in [0, 0.1) is 0 Å². The number of aliphatic hydroxyl groups is 1. The first kappa shape index (κ1) is 20.7. The Morgan fingerprint density at radius 2 is 1.70 bits per heavy atom. The van der Waals surface area contributed by atoms with E-state index in [4.69, 9.17) is 14.2 Å². The molecule has 2 aromatic rings. The number of rotatable bonds is 8. The van der Waals surface area contributed by atoms with Crippen molar-refractivity contribution in [3.63, 3.8) is 0 Å². The lowest BCUT2D eigenvalue weighted by Gasteiger charge is -2.16. The van der Waals surface area contributed by atoms with Crippen LogP contribution in [0.15, 0.2) is 34.9 Å². The van der Waals surface area contributed by atoms with E-state index in [1.807, 2.05) is 0 Å². The van der Waals surface area contributed by atoms with Gasteiger partial charge < -0.3 is 24.6 Å². The van der Waals surface area contributed by atoms with Gasteiger partial charge in [-0.15, -0.1) is 0 Å². The third-order valence-corrected chi connectivity index (χ3v) is 4.31. The Bertz CT molecular complexity index is 843. The number of aromatic nitrogens is 1. The van der Waals surface area contributed by atoms with Crippen molar-refractivity contribution in [1.29, 1.82) is 0 Å². The number of carbonyl (C=O) groups excluding carboxylic acids is 2. The summed E-state index contributed by atoms with van der Waals surface area (Å²) in [7, 11) is 4.41. The summed E-state index contributed by atoms with van der Waals surface area (Å²) in [6, 6.07) is 6.45. The molecule has 2 N–H and O–H groups in total. The zero-order valence-corrected chi connectivity index (χ0v) is 16.6. The largest absolute Gasteiger partial charge is 0.494 e. The lowest BCUT2D eigenvalue weighted by atomic mass is 10.1. The zero-order valence-electron chi connectivity index (χ0n) is 15.0. The van der Waals surface area contributed by atoms with Crippen LogP contribution >= 0.6 is 15.9 Å². The highest BCUT2D eigenvalue weighted by Crippen LogP contribution is 2.27. The summed E-state index contributed by atoms with van der Waals surface area (Å²) in [5.74, 6) is 0.223. The molecule has 1 atom stereocenters. The number of pyridine rings is 1. The summed E-state index contributed by atoms with van der Waals surface area (Å²) >= 11 is 3.20. The van der Waals surface area contributed by atoms with E-state index in [0.29, 0.717) is 21.9 Å². The third-order valence-electron chi connectivity index (χ3n) is 3.74. The first-order valence-electron chi connectivity index (χ1n) is 7.83. The summed E-state index contributed by atoms with van der Waals surface area (Å²) in [5.41, 5.74) is 0.331. The van der Waals surface area contributed by atoms with Crippen molar-refractivity contribution in [2.75, 3.05) is 27.9 Å². The predicted octanol–water partition coefficient (Wildman–Crippen LogP) is 1.84. The van der Waals surface area contributed by atoms with Crippen LogP contribution in [0.3, 0.4) is 0 Å². The van der Waals surface area contributed by atoms with Crippen LogP contribution in [0.5, 0.6) is 17.2 Å². The number of hydrogen-bond donors (Lipinski definition) is 2. The molecule has 0 aliphatic heterocycles. The summed E-state index contributed by atoms with van der Waals surface area (Å²) in [6.45, 7) is -0.580. The number of nitrogens with one attached hydrogen (secondary N) is 1. The molecule has 27 heavy (non-hydrogen) atoms. The Labute approximate surface area is 164 Å². The summed E-state index contributed by atoms with van der Waals surface area (Å²) in [4.78, 5) is 29.1. The van der Waals surface area contributed by atoms with Gasteiger partial charge in [-0.2, -0.15) is 0 Å². The van der Waals surface area contributed by atoms with Crippen LogP contribution in [0.4, 0.5) is 0 Å². The minimum atomic E-state index is -1.15. The van der Waals surface area contributed by atoms with E-state index in [1.54, 1.807) is 12.1 Å². The molecule has 1 unspecified atom stereocenters. The van der Waals surface area contributed by atoms with Gasteiger partial charge in [0.15, 0.2) is 17.2 Å². The van der Waals surface area contributed by atoms with Crippen molar-refractivity contribution in [3.05, 3.63) is 46.2 Å². The molecule has 0 aliphatic carbocycles. The van der Waals surface area contributed by atoms with Crippen LogP contribution in [0.25, 0.3) is 0 Å². The maximum Gasteiger partial charge on any atom is 0.252 e. The molecule has 0 saturated carbocycles. The summed E-state index contributed by atoms with van der Waals surface area (Å²) in [6.07, 6.45) is 0. The molecule has 144 valence electrons. The molecular weight excluding hydrogens is 420 g/mol. The lowest BCUT2D eigenvalue weighted by Crippen LogP contribution is -2.43. The molecule has 0 aliphatic rings. The standard InChI is InChI=1S/C18H19BrN2O6/c1-25-13-6-4-10(8-15(13)27-3)18(24)21-12(9-22)16(23)11-5-7-14(26-2)17(19)20-11/h4-8,12,22H,9H2,1-3H3,(H,21,24). The Hall–Kier alpha value is -2.65. The number of aliphatic hydroxyl groups excluding tert-OH is 1. The van der Waals surface area contributed by atoms with Crippen LogP contribution in [-0.4, -0.2) is 55.8 Å². The number of carbonyl (C=O) groups is 2. The molecule has 0 radical (unpaired) electrons. The van der Waals surface area contributed by atoms with Gasteiger partial charge in [-0.1, -0.05) is 0 Å². The van der Waals surface area contributed by atoms with Gasteiger partial charge in [0.05, 0.1) is 27.9 Å². The maximum absolute atomic E-state index is 12.6. The number of amides is 1. The average molecular weight is 439 g/mol. The van der Waals surface area contributed by atoms with E-state index in [-0.39, 0.29) is 11.3 Å². The van der Waals surface area contributed by atoms with E-state index < -0.39 is 24.3 Å². The third kappa shape index (κ3) is 4.75. The number of benzene rings is 1. The molecule has 8 nitrogen and oxygen atoms in total. The van der Waals surface area contributed by atoms with Crippen molar-refractivity contribution in [2.24, 2.45) is 0 Å². The van der Waals surface area contributed by atoms with Crippen LogP contribution in [0.2, 0.25) is 0 Å². The van der Waals surface area contributed by atoms with Crippen LogP contribution < -0.4 is 19.5 Å². The highest BCUT2D eigenvalue weighted by atomic mass is 79.9. The minimum Gasteiger partial charge on any atom is -0.494 e. The second kappa shape index (κ2) is 9.33. The van der Waals surface area contributed by atoms with E-state index in [2.05, 4.69) is 26.2 Å². The van der Waals surface area contributed by atoms with E-state index in [0.717, 1.165) is 0 Å². The highest BCUT2D eigenvalue weighted by molar-refractivity contribution is 9.10. The van der Waals surface area contributed by atoms with Crippen LogP contribution in [0.1, 0.15) is 20.8 Å². The second-order valence-corrected chi connectivity index (χ2v) is 6.08. The van der Waals surface area contributed by atoms with Gasteiger partial charge in [0.25, 0.3) is 5.91 Å². The number of ketones is 1. The quantitative estimate of drug-likeness (QED) is 0.478. The van der Waals surface area contributed by atoms with Gasteiger partial charge in [0.2, 0.25) is 5.78 Å². The fraction of sp³-hybridized carbons (Fsp3) is 0.278. The van der Waals surface area contributed by atoms with E-state index >= 15 is 0 Å². The predicted molar refractivity (Wildman–Crippen MR) is 101 cm³/mol. The Balaban J connectivity index is 2.19. The van der Waals surface area contributed by atoms with Gasteiger partial charge in [-0.25, -0.2) is 4.98 Å². The van der Waals surface area contributed by atoms with Gasteiger partial charge in [-0.3, -0.25) is 9.59 Å². The molecule has 0 fully saturated rings. The monoisotopic (exact) mass is 438 g/mol. The van der Waals surface area contributed by atoms with Gasteiger partial charge in [0, 0.05) is 5.56 Å². The van der Waals surface area contributed by atoms with Crippen LogP contribution in [-0.2, 0) is 0 Å². The smallest absolute Gasteiger partial charge is 0.252 e. The fourth-order valence-electron chi connectivity index (χ4n) is 2.30. The molecule has 0 spiro atoms. The number of ether oxygens (including phenoxy) is 3. The molecule has 9 heteroatoms. The lowest BCUT2D eigenvalue weighted by molar-refractivity contribution is 0.0810. The number of methoxy groups -OCH3 is 3. The van der Waals surface area contributed by atoms with Crippen molar-refractivity contribution in [3.8, 4) is 17.2 Å². The van der Waals surface area contributed by atoms with E-state index in [1.165, 1.54) is 39.5 Å². The van der Waals surface area contributed by atoms with Gasteiger partial charge in [0.1, 0.15) is 16.3 Å². The molecule has 1 heterocycles. The number of hydrogen-bond acceptors (Lipinski definition) is 7. The fourth-order valence-corrected chi connectivity index (χ4v) is 2.79. The highest BCUT2D eigenvalue weighted by Gasteiger charge is 2.24. The summed E-state index contributed by atoms with van der Waals surface area (Å²) < 4.78 is 15.7. The molecule has 1 aromatic heterocycles. The first-order chi connectivity index (χ1) is 12.9. The zero-order chi connectivity index (χ0) is 20.0. The van der Waals surface area contributed by atoms with E-state index in [9.17, 15) is 14.7 Å². The number of Topliss-reactive ketones (excluding diaryl/α,β-unsaturated/α-hetero) is 1. The molecule has 0 saturated heterocycles. The number of nitrogens with zero attached hydrogens (tertiary/aromatic N) is 1. The molecule has 1 amide bonds. The molecule has 0 bridgehead atoms. The maximum atomic E-state index is 12.6. The summed E-state index contributed by atoms with van der Waals surface area (Å²) in [5, 5.41) is 12.1. The van der Waals surface area contributed by atoms with Crippen molar-refractivity contribution in [2.45, 2.75) is 6.04 Å².